The van der Waals surface area contributed by atoms with Crippen LogP contribution < -0.4 is 5.73 Å². The highest BCUT2D eigenvalue weighted by Crippen LogP contribution is 2.22. The van der Waals surface area contributed by atoms with Crippen LogP contribution in [0.25, 0.3) is 11.0 Å². The number of fused-ring (bicyclic) bond motifs is 1. The second kappa shape index (κ2) is 4.93. The van der Waals surface area contributed by atoms with Crippen LogP contribution in [0.3, 0.4) is 0 Å². The molecule has 2 rings (SSSR count). The zero-order chi connectivity index (χ0) is 14.0. The van der Waals surface area contributed by atoms with Crippen molar-refractivity contribution in [2.24, 2.45) is 0 Å². The first-order valence-electron chi connectivity index (χ1n) is 5.49. The average molecular weight is 283 g/mol. The van der Waals surface area contributed by atoms with Crippen LogP contribution >= 0.6 is 0 Å². The molecule has 0 saturated carbocycles. The maximum Gasteiger partial charge on any atom is 0.374 e. The molecule has 6 nitrogen and oxygen atoms in total. The van der Waals surface area contributed by atoms with Gasteiger partial charge in [0.2, 0.25) is 5.76 Å². The quantitative estimate of drug-likeness (QED) is 0.669. The summed E-state index contributed by atoms with van der Waals surface area (Å²) in [6.45, 7) is -0.198. The molecule has 0 aliphatic carbocycles. The molecule has 0 amide bonds. The van der Waals surface area contributed by atoms with Crippen molar-refractivity contribution < 1.29 is 22.4 Å². The molecule has 1 aromatic heterocycles. The number of nitrogens with two attached hydrogens (primary N) is 1. The smallest absolute Gasteiger partial charge is 0.374 e. The second-order valence-electron chi connectivity index (χ2n) is 4.17. The van der Waals surface area contributed by atoms with Crippen molar-refractivity contribution in [2.75, 3.05) is 24.3 Å². The first-order valence-corrected chi connectivity index (χ1v) is 7.55. The molecule has 19 heavy (non-hydrogen) atoms. The van der Waals surface area contributed by atoms with E-state index in [4.69, 9.17) is 14.9 Å². The maximum absolute atomic E-state index is 11.6. The van der Waals surface area contributed by atoms with Crippen molar-refractivity contribution in [3.05, 3.63) is 30.0 Å². The molecule has 102 valence electrons. The van der Waals surface area contributed by atoms with Crippen LogP contribution in [-0.2, 0) is 14.6 Å². The first kappa shape index (κ1) is 13.4. The number of rotatable bonds is 4. The van der Waals surface area contributed by atoms with Gasteiger partial charge in [-0.3, -0.25) is 0 Å². The number of furan rings is 1. The fourth-order valence-electron chi connectivity index (χ4n) is 1.52. The summed E-state index contributed by atoms with van der Waals surface area (Å²) in [4.78, 5) is 11.6. The Morgan fingerprint density at radius 1 is 1.37 bits per heavy atom. The minimum absolute atomic E-state index is 0.0223. The summed E-state index contributed by atoms with van der Waals surface area (Å²) in [6, 6.07) is 6.49. The van der Waals surface area contributed by atoms with Crippen molar-refractivity contribution in [3.63, 3.8) is 0 Å². The second-order valence-corrected chi connectivity index (χ2v) is 6.43. The van der Waals surface area contributed by atoms with Crippen molar-refractivity contribution in [2.45, 2.75) is 0 Å². The largest absolute Gasteiger partial charge is 0.459 e. The zero-order valence-electron chi connectivity index (χ0n) is 10.3. The zero-order valence-corrected chi connectivity index (χ0v) is 11.1. The topological polar surface area (TPSA) is 99.6 Å². The fraction of sp³-hybridized carbons (Fsp3) is 0.250. The van der Waals surface area contributed by atoms with E-state index >= 15 is 0 Å². The summed E-state index contributed by atoms with van der Waals surface area (Å²) in [5, 5.41) is 0.690. The molecule has 0 atom stereocenters. The number of hydrogen-bond acceptors (Lipinski definition) is 6. The van der Waals surface area contributed by atoms with E-state index in [2.05, 4.69) is 0 Å². The maximum atomic E-state index is 11.6. The molecule has 2 aromatic rings. The average Bonchev–Trinajstić information content (AvgIpc) is 2.70. The number of benzene rings is 1. The Hall–Kier alpha value is -2.02. The highest BCUT2D eigenvalue weighted by Gasteiger charge is 2.14. The van der Waals surface area contributed by atoms with E-state index in [0.29, 0.717) is 16.7 Å². The van der Waals surface area contributed by atoms with Crippen LogP contribution in [0.4, 0.5) is 5.69 Å². The third-order valence-electron chi connectivity index (χ3n) is 2.43. The van der Waals surface area contributed by atoms with Crippen LogP contribution in [0, 0.1) is 0 Å². The number of carbonyl (C=O) groups excluding carboxylic acids is 1. The molecular formula is C12H13NO5S. The highest BCUT2D eigenvalue weighted by molar-refractivity contribution is 7.90. The number of hydrogen-bond donors (Lipinski definition) is 1. The van der Waals surface area contributed by atoms with E-state index in [1.54, 1.807) is 18.2 Å². The third-order valence-corrected chi connectivity index (χ3v) is 3.34. The summed E-state index contributed by atoms with van der Waals surface area (Å²) >= 11 is 0. The summed E-state index contributed by atoms with van der Waals surface area (Å²) in [5.41, 5.74) is 6.69. The van der Waals surface area contributed by atoms with Gasteiger partial charge in [-0.1, -0.05) is 0 Å². The van der Waals surface area contributed by atoms with Crippen LogP contribution in [-0.4, -0.2) is 33.0 Å². The Morgan fingerprint density at radius 2 is 2.11 bits per heavy atom. The Balaban J connectivity index is 2.09. The number of anilines is 1. The SMILES string of the molecule is CS(=O)(=O)CCOC(=O)c1cc2cc(N)ccc2o1. The third kappa shape index (κ3) is 3.47. The molecule has 0 bridgehead atoms. The number of carbonyl (C=O) groups is 1. The molecule has 0 spiro atoms. The lowest BCUT2D eigenvalue weighted by Crippen LogP contribution is -2.13. The molecule has 2 N–H and O–H groups in total. The lowest BCUT2D eigenvalue weighted by molar-refractivity contribution is 0.0495. The molecule has 0 saturated heterocycles. The Labute approximate surface area is 110 Å². The molecule has 1 aromatic carbocycles. The summed E-state index contributed by atoms with van der Waals surface area (Å²) in [6.07, 6.45) is 1.07. The van der Waals surface area contributed by atoms with Gasteiger partial charge < -0.3 is 14.9 Å². The number of sulfone groups is 1. The van der Waals surface area contributed by atoms with Gasteiger partial charge in [0.05, 0.1) is 5.75 Å². The predicted molar refractivity (Wildman–Crippen MR) is 70.6 cm³/mol. The Kier molecular flexibility index (Phi) is 3.48. The highest BCUT2D eigenvalue weighted by atomic mass is 32.2. The molecular weight excluding hydrogens is 270 g/mol. The molecule has 0 fully saturated rings. The molecule has 1 heterocycles. The summed E-state index contributed by atoms with van der Waals surface area (Å²) < 4.78 is 31.9. The summed E-state index contributed by atoms with van der Waals surface area (Å²) in [7, 11) is -3.16. The number of ether oxygens (including phenoxy) is 1. The van der Waals surface area contributed by atoms with E-state index in [9.17, 15) is 13.2 Å². The van der Waals surface area contributed by atoms with E-state index in [1.165, 1.54) is 6.07 Å². The first-order chi connectivity index (χ1) is 8.85. The van der Waals surface area contributed by atoms with Crippen LogP contribution in [0.15, 0.2) is 28.7 Å². The molecule has 7 heteroatoms. The molecule has 0 aliphatic rings. The van der Waals surface area contributed by atoms with E-state index in [0.717, 1.165) is 6.26 Å². The Morgan fingerprint density at radius 3 is 2.79 bits per heavy atom. The van der Waals surface area contributed by atoms with Gasteiger partial charge in [-0.15, -0.1) is 0 Å². The number of nitrogen functional groups attached to an aromatic ring is 1. The van der Waals surface area contributed by atoms with Gasteiger partial charge in [-0.25, -0.2) is 13.2 Å². The Bertz CT molecular complexity index is 717. The molecule has 0 unspecified atom stereocenters. The van der Waals surface area contributed by atoms with E-state index < -0.39 is 15.8 Å². The van der Waals surface area contributed by atoms with Crippen molar-refractivity contribution in [1.29, 1.82) is 0 Å². The normalized spacial score (nSPS) is 11.6. The molecule has 0 radical (unpaired) electrons. The van der Waals surface area contributed by atoms with Gasteiger partial charge >= 0.3 is 5.97 Å². The van der Waals surface area contributed by atoms with Crippen molar-refractivity contribution >= 4 is 32.5 Å². The van der Waals surface area contributed by atoms with Gasteiger partial charge in [0.25, 0.3) is 0 Å². The van der Waals surface area contributed by atoms with Gasteiger partial charge in [-0.2, -0.15) is 0 Å². The van der Waals surface area contributed by atoms with Gasteiger partial charge in [0.15, 0.2) is 9.84 Å². The van der Waals surface area contributed by atoms with Crippen LogP contribution in [0.2, 0.25) is 0 Å². The van der Waals surface area contributed by atoms with Crippen molar-refractivity contribution in [1.82, 2.24) is 0 Å². The van der Waals surface area contributed by atoms with Crippen molar-refractivity contribution in [3.8, 4) is 0 Å². The monoisotopic (exact) mass is 283 g/mol. The van der Waals surface area contributed by atoms with Crippen LogP contribution in [0.1, 0.15) is 10.6 Å². The summed E-state index contributed by atoms with van der Waals surface area (Å²) in [5.74, 6) is -0.890. The minimum Gasteiger partial charge on any atom is -0.459 e. The van der Waals surface area contributed by atoms with Gasteiger partial charge in [-0.05, 0) is 24.3 Å². The lowest BCUT2D eigenvalue weighted by atomic mass is 10.2. The van der Waals surface area contributed by atoms with E-state index in [-0.39, 0.29) is 18.1 Å². The van der Waals surface area contributed by atoms with Gasteiger partial charge in [0.1, 0.15) is 12.2 Å². The van der Waals surface area contributed by atoms with Crippen LogP contribution in [0.5, 0.6) is 0 Å². The lowest BCUT2D eigenvalue weighted by Gasteiger charge is -2.00. The van der Waals surface area contributed by atoms with Gasteiger partial charge in [0, 0.05) is 17.3 Å². The molecule has 0 aliphatic heterocycles. The van der Waals surface area contributed by atoms with E-state index in [1.807, 2.05) is 0 Å². The fourth-order valence-corrected chi connectivity index (χ4v) is 1.91. The predicted octanol–water partition coefficient (Wildman–Crippen LogP) is 1.22. The minimum atomic E-state index is -3.16. The standard InChI is InChI=1S/C12H13NO5S/c1-19(15,16)5-4-17-12(14)11-7-8-6-9(13)2-3-10(8)18-11/h2-3,6-7H,4-5,13H2,1H3. The number of esters is 1.